The molecule has 2 rings (SSSR count). The van der Waals surface area contributed by atoms with Gasteiger partial charge in [0.15, 0.2) is 0 Å². The molecule has 122 valence electrons. The number of carbonyl (C=O) groups is 1. The largest absolute Gasteiger partial charge is 0.393 e. The molecule has 0 aromatic heterocycles. The van der Waals surface area contributed by atoms with Gasteiger partial charge in [-0.05, 0) is 56.3 Å². The van der Waals surface area contributed by atoms with Gasteiger partial charge in [0.1, 0.15) is 0 Å². The number of nitrogens with one attached hydrogen (secondary N) is 1. The molecule has 1 aromatic rings. The Morgan fingerprint density at radius 2 is 2.18 bits per heavy atom. The highest BCUT2D eigenvalue weighted by Crippen LogP contribution is 2.22. The number of hydrogen-bond acceptors (Lipinski definition) is 3. The van der Waals surface area contributed by atoms with E-state index in [4.69, 9.17) is 0 Å². The number of benzene rings is 1. The molecule has 4 heteroatoms. The van der Waals surface area contributed by atoms with Gasteiger partial charge in [0.2, 0.25) is 5.91 Å². The van der Waals surface area contributed by atoms with Crippen molar-refractivity contribution in [2.24, 2.45) is 0 Å². The van der Waals surface area contributed by atoms with Crippen molar-refractivity contribution in [2.75, 3.05) is 18.4 Å². The highest BCUT2D eigenvalue weighted by molar-refractivity contribution is 5.92. The van der Waals surface area contributed by atoms with Gasteiger partial charge in [-0.25, -0.2) is 0 Å². The fraction of sp³-hybridized carbons (Fsp3) is 0.611. The first-order valence-electron chi connectivity index (χ1n) is 8.27. The monoisotopic (exact) mass is 304 g/mol. The third kappa shape index (κ3) is 4.82. The zero-order valence-electron chi connectivity index (χ0n) is 13.9. The molecule has 1 saturated heterocycles. The van der Waals surface area contributed by atoms with Crippen LogP contribution in [0.2, 0.25) is 0 Å². The topological polar surface area (TPSA) is 52.6 Å². The van der Waals surface area contributed by atoms with Gasteiger partial charge in [-0.1, -0.05) is 26.0 Å². The predicted octanol–water partition coefficient (Wildman–Crippen LogP) is 2.98. The van der Waals surface area contributed by atoms with Gasteiger partial charge in [-0.2, -0.15) is 0 Å². The Bertz CT molecular complexity index is 500. The fourth-order valence-corrected chi connectivity index (χ4v) is 3.12. The Labute approximate surface area is 133 Å². The van der Waals surface area contributed by atoms with Gasteiger partial charge in [0.25, 0.3) is 0 Å². The normalized spacial score (nSPS) is 20.3. The van der Waals surface area contributed by atoms with Crippen molar-refractivity contribution in [3.63, 3.8) is 0 Å². The summed E-state index contributed by atoms with van der Waals surface area (Å²) in [6, 6.07) is 8.37. The number of rotatable bonds is 6. The van der Waals surface area contributed by atoms with Gasteiger partial charge in [0.05, 0.1) is 12.6 Å². The standard InChI is InChI=1S/C18H28N2O2/c1-13(2)15-6-4-7-16(11-15)19-18(22)12-20-9-5-8-17(20)10-14(3)21/h4,6-7,11,13-14,17,21H,5,8-10,12H2,1-3H3,(H,19,22). The summed E-state index contributed by atoms with van der Waals surface area (Å²) in [6.45, 7) is 7.45. The van der Waals surface area contributed by atoms with E-state index in [0.29, 0.717) is 18.5 Å². The third-order valence-corrected chi connectivity index (χ3v) is 4.30. The van der Waals surface area contributed by atoms with Crippen LogP contribution in [-0.2, 0) is 4.79 Å². The molecular formula is C18H28N2O2. The molecule has 2 atom stereocenters. The first-order valence-corrected chi connectivity index (χ1v) is 8.27. The van der Waals surface area contributed by atoms with Gasteiger partial charge in [-0.3, -0.25) is 9.69 Å². The zero-order valence-corrected chi connectivity index (χ0v) is 13.9. The SMILES string of the molecule is CC(O)CC1CCCN1CC(=O)Nc1cccc(C(C)C)c1. The van der Waals surface area contributed by atoms with Gasteiger partial charge in [0, 0.05) is 11.7 Å². The molecule has 0 bridgehead atoms. The van der Waals surface area contributed by atoms with Gasteiger partial charge in [-0.15, -0.1) is 0 Å². The number of hydrogen-bond donors (Lipinski definition) is 2. The number of likely N-dealkylation sites (tertiary alicyclic amines) is 1. The molecule has 2 N–H and O–H groups in total. The maximum Gasteiger partial charge on any atom is 0.238 e. The Kier molecular flexibility index (Phi) is 5.98. The molecular weight excluding hydrogens is 276 g/mol. The van der Waals surface area contributed by atoms with E-state index in [-0.39, 0.29) is 12.0 Å². The number of aliphatic hydroxyl groups is 1. The Morgan fingerprint density at radius 1 is 1.41 bits per heavy atom. The van der Waals surface area contributed by atoms with Crippen LogP contribution in [0, 0.1) is 0 Å². The van der Waals surface area contributed by atoms with E-state index in [9.17, 15) is 9.90 Å². The first kappa shape index (κ1) is 17.0. The summed E-state index contributed by atoms with van der Waals surface area (Å²) in [6.07, 6.45) is 2.61. The number of amides is 1. The minimum atomic E-state index is -0.309. The van der Waals surface area contributed by atoms with E-state index in [1.165, 1.54) is 5.56 Å². The van der Waals surface area contributed by atoms with Crippen LogP contribution in [0.4, 0.5) is 5.69 Å². The zero-order chi connectivity index (χ0) is 16.1. The van der Waals surface area contributed by atoms with Crippen LogP contribution in [0.1, 0.15) is 51.5 Å². The number of aliphatic hydroxyl groups excluding tert-OH is 1. The molecule has 1 aliphatic rings. The fourth-order valence-electron chi connectivity index (χ4n) is 3.12. The second kappa shape index (κ2) is 7.75. The van der Waals surface area contributed by atoms with Crippen molar-refractivity contribution in [1.29, 1.82) is 0 Å². The minimum absolute atomic E-state index is 0.0263. The van der Waals surface area contributed by atoms with Crippen molar-refractivity contribution in [3.05, 3.63) is 29.8 Å². The number of anilines is 1. The summed E-state index contributed by atoms with van der Waals surface area (Å²) in [5.74, 6) is 0.476. The second-order valence-electron chi connectivity index (χ2n) is 6.68. The lowest BCUT2D eigenvalue weighted by molar-refractivity contribution is -0.117. The molecule has 1 heterocycles. The smallest absolute Gasteiger partial charge is 0.238 e. The van der Waals surface area contributed by atoms with Crippen LogP contribution >= 0.6 is 0 Å². The summed E-state index contributed by atoms with van der Waals surface area (Å²) in [5, 5.41) is 12.6. The average Bonchev–Trinajstić information content (AvgIpc) is 2.85. The van der Waals surface area contributed by atoms with E-state index in [0.717, 1.165) is 31.5 Å². The molecule has 1 aromatic carbocycles. The Balaban J connectivity index is 1.91. The van der Waals surface area contributed by atoms with Gasteiger partial charge >= 0.3 is 0 Å². The van der Waals surface area contributed by atoms with E-state index in [2.05, 4.69) is 30.1 Å². The first-order chi connectivity index (χ1) is 10.5. The van der Waals surface area contributed by atoms with E-state index >= 15 is 0 Å². The summed E-state index contributed by atoms with van der Waals surface area (Å²) < 4.78 is 0. The van der Waals surface area contributed by atoms with E-state index in [1.807, 2.05) is 25.1 Å². The van der Waals surface area contributed by atoms with Crippen molar-refractivity contribution in [2.45, 2.75) is 58.1 Å². The van der Waals surface area contributed by atoms with Crippen LogP contribution in [-0.4, -0.2) is 41.1 Å². The van der Waals surface area contributed by atoms with Crippen LogP contribution in [0.25, 0.3) is 0 Å². The summed E-state index contributed by atoms with van der Waals surface area (Å²) in [4.78, 5) is 14.5. The average molecular weight is 304 g/mol. The van der Waals surface area contributed by atoms with Crippen molar-refractivity contribution in [3.8, 4) is 0 Å². The van der Waals surface area contributed by atoms with Crippen LogP contribution in [0.15, 0.2) is 24.3 Å². The van der Waals surface area contributed by atoms with Crippen LogP contribution in [0.5, 0.6) is 0 Å². The molecule has 4 nitrogen and oxygen atoms in total. The summed E-state index contributed by atoms with van der Waals surface area (Å²) in [5.41, 5.74) is 2.09. The summed E-state index contributed by atoms with van der Waals surface area (Å²) in [7, 11) is 0. The molecule has 2 unspecified atom stereocenters. The molecule has 1 fully saturated rings. The highest BCUT2D eigenvalue weighted by atomic mass is 16.3. The molecule has 1 aliphatic heterocycles. The number of nitrogens with zero attached hydrogens (tertiary/aromatic N) is 1. The second-order valence-corrected chi connectivity index (χ2v) is 6.68. The third-order valence-electron chi connectivity index (χ3n) is 4.30. The predicted molar refractivity (Wildman–Crippen MR) is 90.1 cm³/mol. The minimum Gasteiger partial charge on any atom is -0.393 e. The molecule has 0 aliphatic carbocycles. The van der Waals surface area contributed by atoms with Crippen molar-refractivity contribution in [1.82, 2.24) is 4.90 Å². The lowest BCUT2D eigenvalue weighted by Gasteiger charge is -2.24. The molecule has 1 amide bonds. The van der Waals surface area contributed by atoms with E-state index < -0.39 is 0 Å². The Hall–Kier alpha value is -1.39. The lowest BCUT2D eigenvalue weighted by Crippen LogP contribution is -2.38. The molecule has 0 saturated carbocycles. The molecule has 0 spiro atoms. The van der Waals surface area contributed by atoms with Crippen LogP contribution < -0.4 is 5.32 Å². The quantitative estimate of drug-likeness (QED) is 0.849. The number of carbonyl (C=O) groups excluding carboxylic acids is 1. The van der Waals surface area contributed by atoms with Crippen LogP contribution in [0.3, 0.4) is 0 Å². The Morgan fingerprint density at radius 3 is 2.86 bits per heavy atom. The van der Waals surface area contributed by atoms with Gasteiger partial charge < -0.3 is 10.4 Å². The summed E-state index contributed by atoms with van der Waals surface area (Å²) >= 11 is 0. The maximum atomic E-state index is 12.3. The molecule has 22 heavy (non-hydrogen) atoms. The van der Waals surface area contributed by atoms with Crippen molar-refractivity contribution >= 4 is 11.6 Å². The lowest BCUT2D eigenvalue weighted by atomic mass is 10.0. The molecule has 0 radical (unpaired) electrons. The highest BCUT2D eigenvalue weighted by Gasteiger charge is 2.27. The maximum absolute atomic E-state index is 12.3. The van der Waals surface area contributed by atoms with E-state index in [1.54, 1.807) is 0 Å². The van der Waals surface area contributed by atoms with Crippen molar-refractivity contribution < 1.29 is 9.90 Å².